The van der Waals surface area contributed by atoms with E-state index in [-0.39, 0.29) is 11.8 Å². The van der Waals surface area contributed by atoms with Crippen LogP contribution in [0.3, 0.4) is 0 Å². The normalized spacial score (nSPS) is 17.9. The van der Waals surface area contributed by atoms with Gasteiger partial charge in [-0.2, -0.15) is 0 Å². The van der Waals surface area contributed by atoms with Gasteiger partial charge in [-0.25, -0.2) is 0 Å². The lowest BCUT2D eigenvalue weighted by atomic mass is 9.96. The van der Waals surface area contributed by atoms with E-state index in [1.54, 1.807) is 0 Å². The first-order valence-corrected chi connectivity index (χ1v) is 9.72. The highest BCUT2D eigenvalue weighted by atomic mass is 35.5. The van der Waals surface area contributed by atoms with Crippen LogP contribution in [0.4, 0.5) is 5.69 Å². The van der Waals surface area contributed by atoms with E-state index in [0.717, 1.165) is 49.3 Å². The number of rotatable bonds is 4. The zero-order chi connectivity index (χ0) is 18.7. The minimum absolute atomic E-state index is 0.00669. The van der Waals surface area contributed by atoms with Gasteiger partial charge in [-0.15, -0.1) is 0 Å². The molecule has 1 unspecified atom stereocenters. The summed E-state index contributed by atoms with van der Waals surface area (Å²) in [7, 11) is 0. The van der Waals surface area contributed by atoms with Gasteiger partial charge in [-0.05, 0) is 62.6 Å². The summed E-state index contributed by atoms with van der Waals surface area (Å²) in [6, 6.07) is 11.8. The van der Waals surface area contributed by atoms with Crippen molar-refractivity contribution in [1.82, 2.24) is 4.90 Å². The van der Waals surface area contributed by atoms with Crippen molar-refractivity contribution in [1.29, 1.82) is 0 Å². The first kappa shape index (κ1) is 19.2. The van der Waals surface area contributed by atoms with Gasteiger partial charge in [0.1, 0.15) is 0 Å². The molecule has 0 saturated carbocycles. The molecule has 3 rings (SSSR count). The topological polar surface area (TPSA) is 32.3 Å². The maximum absolute atomic E-state index is 12.7. The van der Waals surface area contributed by atoms with Crippen molar-refractivity contribution in [3.05, 3.63) is 63.1 Å². The Morgan fingerprint density at radius 1 is 1.15 bits per heavy atom. The zero-order valence-electron chi connectivity index (χ0n) is 15.2. The minimum atomic E-state index is 0.00669. The maximum Gasteiger partial charge on any atom is 0.228 e. The molecule has 5 heteroatoms. The number of benzene rings is 2. The molecule has 2 aromatic carbocycles. The monoisotopic (exact) mass is 390 g/mol. The fourth-order valence-electron chi connectivity index (χ4n) is 3.50. The molecule has 1 fully saturated rings. The van der Waals surface area contributed by atoms with Crippen molar-refractivity contribution < 1.29 is 4.79 Å². The summed E-state index contributed by atoms with van der Waals surface area (Å²) in [5, 5.41) is 4.25. The third kappa shape index (κ3) is 4.79. The molecule has 1 atom stereocenters. The minimum Gasteiger partial charge on any atom is -0.326 e. The fraction of sp³-hybridized carbons (Fsp3) is 0.381. The number of nitrogens with zero attached hydrogens (tertiary/aromatic N) is 1. The third-order valence-corrected chi connectivity index (χ3v) is 5.65. The second-order valence-corrected chi connectivity index (χ2v) is 7.94. The number of anilines is 1. The van der Waals surface area contributed by atoms with E-state index >= 15 is 0 Å². The largest absolute Gasteiger partial charge is 0.326 e. The van der Waals surface area contributed by atoms with Gasteiger partial charge < -0.3 is 5.32 Å². The number of halogens is 2. The predicted molar refractivity (Wildman–Crippen MR) is 109 cm³/mol. The van der Waals surface area contributed by atoms with E-state index in [0.29, 0.717) is 10.0 Å². The molecule has 0 bridgehead atoms. The van der Waals surface area contributed by atoms with Crippen molar-refractivity contribution in [2.75, 3.05) is 18.4 Å². The summed E-state index contributed by atoms with van der Waals surface area (Å²) in [5.74, 6) is 0.114. The molecule has 1 aliphatic rings. The van der Waals surface area contributed by atoms with Gasteiger partial charge in [0.25, 0.3) is 0 Å². The lowest BCUT2D eigenvalue weighted by molar-refractivity contribution is -0.121. The number of amides is 1. The fourth-order valence-corrected chi connectivity index (χ4v) is 3.82. The molecule has 0 spiro atoms. The van der Waals surface area contributed by atoms with Crippen molar-refractivity contribution in [3.63, 3.8) is 0 Å². The van der Waals surface area contributed by atoms with Gasteiger partial charge >= 0.3 is 0 Å². The highest BCUT2D eigenvalue weighted by Crippen LogP contribution is 2.25. The van der Waals surface area contributed by atoms with Gasteiger partial charge in [-0.3, -0.25) is 9.69 Å². The summed E-state index contributed by atoms with van der Waals surface area (Å²) >= 11 is 12.1. The molecule has 2 aromatic rings. The van der Waals surface area contributed by atoms with Crippen molar-refractivity contribution in [3.8, 4) is 0 Å². The Morgan fingerprint density at radius 3 is 2.69 bits per heavy atom. The molecule has 138 valence electrons. The number of carbonyl (C=O) groups is 1. The van der Waals surface area contributed by atoms with Gasteiger partial charge in [0.05, 0.1) is 16.0 Å². The Hall–Kier alpha value is -1.55. The van der Waals surface area contributed by atoms with Crippen LogP contribution in [0, 0.1) is 19.8 Å². The lowest BCUT2D eigenvalue weighted by Gasteiger charge is -2.32. The third-order valence-electron chi connectivity index (χ3n) is 4.91. The Morgan fingerprint density at radius 2 is 1.96 bits per heavy atom. The van der Waals surface area contributed by atoms with Crippen LogP contribution in [0.2, 0.25) is 10.0 Å². The Bertz CT molecular complexity index is 807. The quantitative estimate of drug-likeness (QED) is 0.751. The summed E-state index contributed by atoms with van der Waals surface area (Å²) < 4.78 is 0. The second kappa shape index (κ2) is 8.43. The van der Waals surface area contributed by atoms with E-state index in [1.807, 2.05) is 37.3 Å². The zero-order valence-corrected chi connectivity index (χ0v) is 16.7. The number of carbonyl (C=O) groups excluding carboxylic acids is 1. The van der Waals surface area contributed by atoms with E-state index in [2.05, 4.69) is 23.2 Å². The molecule has 3 nitrogen and oxygen atoms in total. The van der Waals surface area contributed by atoms with Crippen LogP contribution >= 0.6 is 23.2 Å². The van der Waals surface area contributed by atoms with E-state index < -0.39 is 0 Å². The van der Waals surface area contributed by atoms with Crippen LogP contribution < -0.4 is 5.32 Å². The van der Waals surface area contributed by atoms with Crippen LogP contribution in [0.5, 0.6) is 0 Å². The van der Waals surface area contributed by atoms with Crippen LogP contribution in [-0.4, -0.2) is 23.9 Å². The second-order valence-electron chi connectivity index (χ2n) is 7.13. The summed E-state index contributed by atoms with van der Waals surface area (Å²) in [6.45, 7) is 6.62. The number of nitrogens with one attached hydrogen (secondary N) is 1. The number of piperidine rings is 1. The summed E-state index contributed by atoms with van der Waals surface area (Å²) in [4.78, 5) is 15.0. The van der Waals surface area contributed by atoms with Crippen LogP contribution in [0.25, 0.3) is 0 Å². The van der Waals surface area contributed by atoms with Crippen molar-refractivity contribution >= 4 is 34.8 Å². The molecule has 0 radical (unpaired) electrons. The van der Waals surface area contributed by atoms with Gasteiger partial charge in [-0.1, -0.05) is 47.0 Å². The molecular formula is C21H24Cl2N2O. The molecule has 1 N–H and O–H groups in total. The van der Waals surface area contributed by atoms with Crippen LogP contribution in [0.15, 0.2) is 36.4 Å². The first-order valence-electron chi connectivity index (χ1n) is 8.97. The molecule has 0 aromatic heterocycles. The maximum atomic E-state index is 12.7. The molecule has 0 aliphatic carbocycles. The van der Waals surface area contributed by atoms with E-state index in [1.165, 1.54) is 5.56 Å². The molecule has 1 aliphatic heterocycles. The number of hydrogen-bond donors (Lipinski definition) is 1. The van der Waals surface area contributed by atoms with E-state index in [4.69, 9.17) is 23.2 Å². The number of likely N-dealkylation sites (tertiary alicyclic amines) is 1. The van der Waals surface area contributed by atoms with E-state index in [9.17, 15) is 4.79 Å². The smallest absolute Gasteiger partial charge is 0.228 e. The van der Waals surface area contributed by atoms with Crippen molar-refractivity contribution in [2.45, 2.75) is 33.2 Å². The average molecular weight is 391 g/mol. The molecule has 1 heterocycles. The highest BCUT2D eigenvalue weighted by Gasteiger charge is 2.26. The molecular weight excluding hydrogens is 367 g/mol. The highest BCUT2D eigenvalue weighted by molar-refractivity contribution is 6.42. The molecule has 1 saturated heterocycles. The van der Waals surface area contributed by atoms with Gasteiger partial charge in [0, 0.05) is 18.8 Å². The standard InChI is InChI=1S/C21H24Cl2N2O/c1-14-5-8-20(15(2)10-14)24-21(26)17-4-3-9-25(13-17)12-16-6-7-18(22)19(23)11-16/h5-8,10-11,17H,3-4,9,12-13H2,1-2H3,(H,24,26). The van der Waals surface area contributed by atoms with Crippen molar-refractivity contribution in [2.24, 2.45) is 5.92 Å². The Labute approximate surface area is 165 Å². The van der Waals surface area contributed by atoms with Gasteiger partial charge in [0.2, 0.25) is 5.91 Å². The molecule has 26 heavy (non-hydrogen) atoms. The summed E-state index contributed by atoms with van der Waals surface area (Å²) in [5.41, 5.74) is 4.32. The summed E-state index contributed by atoms with van der Waals surface area (Å²) in [6.07, 6.45) is 1.95. The number of aryl methyl sites for hydroxylation is 2. The first-order chi connectivity index (χ1) is 12.4. The SMILES string of the molecule is Cc1ccc(NC(=O)C2CCCN(Cc3ccc(Cl)c(Cl)c3)C2)c(C)c1. The number of hydrogen-bond acceptors (Lipinski definition) is 2. The predicted octanol–water partition coefficient (Wildman–Crippen LogP) is 5.46. The average Bonchev–Trinajstić information content (AvgIpc) is 2.61. The van der Waals surface area contributed by atoms with Crippen LogP contribution in [-0.2, 0) is 11.3 Å². The lowest BCUT2D eigenvalue weighted by Crippen LogP contribution is -2.40. The molecule has 1 amide bonds. The van der Waals surface area contributed by atoms with Gasteiger partial charge in [0.15, 0.2) is 0 Å². The Kier molecular flexibility index (Phi) is 6.23. The Balaban J connectivity index is 1.62. The van der Waals surface area contributed by atoms with Crippen LogP contribution in [0.1, 0.15) is 29.5 Å².